The maximum Gasteiger partial charge on any atom is 0.347 e. The SMILES string of the molecule is Cn1cc(C2=NC(N)N=C(N)C2(c2cnn(C)c2)[N+](=O)[O-])cn1. The van der Waals surface area contributed by atoms with E-state index in [-0.39, 0.29) is 17.1 Å². The van der Waals surface area contributed by atoms with Crippen molar-refractivity contribution in [3.63, 3.8) is 0 Å². The van der Waals surface area contributed by atoms with Crippen LogP contribution in [0.3, 0.4) is 0 Å². The number of hydrogen-bond donors (Lipinski definition) is 2. The van der Waals surface area contributed by atoms with Gasteiger partial charge in [-0.1, -0.05) is 0 Å². The van der Waals surface area contributed by atoms with Gasteiger partial charge in [-0.3, -0.25) is 25.2 Å². The second-order valence-corrected chi connectivity index (χ2v) is 5.18. The third kappa shape index (κ3) is 2.09. The van der Waals surface area contributed by atoms with Crippen LogP contribution in [0.25, 0.3) is 0 Å². The maximum atomic E-state index is 12.1. The molecule has 11 heteroatoms. The summed E-state index contributed by atoms with van der Waals surface area (Å²) in [6.45, 7) is 0. The summed E-state index contributed by atoms with van der Waals surface area (Å²) < 4.78 is 2.96. The van der Waals surface area contributed by atoms with Crippen molar-refractivity contribution in [2.24, 2.45) is 35.5 Å². The van der Waals surface area contributed by atoms with Crippen molar-refractivity contribution in [2.75, 3.05) is 0 Å². The minimum atomic E-state index is -1.95. The summed E-state index contributed by atoms with van der Waals surface area (Å²) >= 11 is 0. The molecule has 0 amide bonds. The number of nitrogens with two attached hydrogens (primary N) is 2. The molecule has 0 saturated heterocycles. The Balaban J connectivity index is 2.31. The normalized spacial score (nSPS) is 24.2. The molecule has 23 heavy (non-hydrogen) atoms. The summed E-state index contributed by atoms with van der Waals surface area (Å²) in [6.07, 6.45) is 4.95. The zero-order valence-corrected chi connectivity index (χ0v) is 12.5. The highest BCUT2D eigenvalue weighted by molar-refractivity contribution is 6.21. The van der Waals surface area contributed by atoms with E-state index in [0.29, 0.717) is 5.56 Å². The van der Waals surface area contributed by atoms with Gasteiger partial charge in [0.2, 0.25) is 0 Å². The fourth-order valence-corrected chi connectivity index (χ4v) is 2.62. The molecule has 120 valence electrons. The Morgan fingerprint density at radius 2 is 1.87 bits per heavy atom. The average molecular weight is 317 g/mol. The number of nitrogens with zero attached hydrogens (tertiary/aromatic N) is 7. The van der Waals surface area contributed by atoms with Gasteiger partial charge in [0.25, 0.3) is 0 Å². The van der Waals surface area contributed by atoms with Gasteiger partial charge in [0, 0.05) is 37.0 Å². The van der Waals surface area contributed by atoms with Crippen LogP contribution in [-0.2, 0) is 19.6 Å². The van der Waals surface area contributed by atoms with Crippen LogP contribution in [0.2, 0.25) is 0 Å². The largest absolute Gasteiger partial charge is 0.381 e. The molecule has 3 heterocycles. The van der Waals surface area contributed by atoms with Gasteiger partial charge in [0.05, 0.1) is 18.0 Å². The van der Waals surface area contributed by atoms with E-state index in [0.717, 1.165) is 0 Å². The monoisotopic (exact) mass is 317 g/mol. The van der Waals surface area contributed by atoms with Crippen molar-refractivity contribution in [3.8, 4) is 0 Å². The van der Waals surface area contributed by atoms with E-state index in [2.05, 4.69) is 20.2 Å². The van der Waals surface area contributed by atoms with Crippen LogP contribution in [0.5, 0.6) is 0 Å². The lowest BCUT2D eigenvalue weighted by atomic mass is 9.82. The first-order valence-electron chi connectivity index (χ1n) is 6.66. The van der Waals surface area contributed by atoms with Gasteiger partial charge in [-0.15, -0.1) is 0 Å². The number of aliphatic imine (C=N–C) groups is 2. The topological polar surface area (TPSA) is 156 Å². The lowest BCUT2D eigenvalue weighted by Gasteiger charge is -2.28. The van der Waals surface area contributed by atoms with Crippen LogP contribution < -0.4 is 11.5 Å². The molecule has 2 aromatic heterocycles. The van der Waals surface area contributed by atoms with Gasteiger partial charge in [-0.25, -0.2) is 9.98 Å². The molecule has 0 aliphatic carbocycles. The number of hydrogen-bond acceptors (Lipinski definition) is 8. The molecule has 0 aromatic carbocycles. The van der Waals surface area contributed by atoms with Crippen LogP contribution in [-0.4, -0.2) is 42.3 Å². The smallest absolute Gasteiger partial charge is 0.347 e. The van der Waals surface area contributed by atoms with Crippen molar-refractivity contribution < 1.29 is 4.92 Å². The Labute approximate surface area is 130 Å². The Kier molecular flexibility index (Phi) is 3.21. The summed E-state index contributed by atoms with van der Waals surface area (Å²) in [7, 11) is 3.35. The summed E-state index contributed by atoms with van der Waals surface area (Å²) in [4.78, 5) is 19.6. The van der Waals surface area contributed by atoms with E-state index in [9.17, 15) is 10.1 Å². The molecular weight excluding hydrogens is 302 g/mol. The fourth-order valence-electron chi connectivity index (χ4n) is 2.62. The highest BCUT2D eigenvalue weighted by atomic mass is 16.6. The Morgan fingerprint density at radius 3 is 2.39 bits per heavy atom. The second kappa shape index (κ2) is 4.98. The van der Waals surface area contributed by atoms with E-state index in [4.69, 9.17) is 11.5 Å². The van der Waals surface area contributed by atoms with E-state index >= 15 is 0 Å². The van der Waals surface area contributed by atoms with Crippen LogP contribution in [0.15, 0.2) is 34.8 Å². The van der Waals surface area contributed by atoms with Crippen molar-refractivity contribution in [2.45, 2.75) is 11.8 Å². The minimum absolute atomic E-state index is 0.0867. The summed E-state index contributed by atoms with van der Waals surface area (Å²) in [6, 6.07) is 0. The Hall–Kier alpha value is -3.08. The van der Waals surface area contributed by atoms with Crippen LogP contribution in [0.4, 0.5) is 0 Å². The third-order valence-corrected chi connectivity index (χ3v) is 3.62. The van der Waals surface area contributed by atoms with Crippen LogP contribution >= 0.6 is 0 Å². The summed E-state index contributed by atoms with van der Waals surface area (Å²) in [5.41, 5.74) is 10.5. The molecule has 2 aromatic rings. The Morgan fingerprint density at radius 1 is 1.22 bits per heavy atom. The molecule has 3 rings (SSSR count). The van der Waals surface area contributed by atoms with Crippen LogP contribution in [0, 0.1) is 10.1 Å². The number of nitro groups is 1. The first-order chi connectivity index (χ1) is 10.9. The quantitative estimate of drug-likeness (QED) is 0.531. The zero-order valence-electron chi connectivity index (χ0n) is 12.5. The summed E-state index contributed by atoms with van der Waals surface area (Å²) in [5.74, 6) is -0.239. The molecule has 0 bridgehead atoms. The molecule has 11 nitrogen and oxygen atoms in total. The van der Waals surface area contributed by atoms with Crippen molar-refractivity contribution in [1.29, 1.82) is 0 Å². The lowest BCUT2D eigenvalue weighted by Crippen LogP contribution is -2.57. The van der Waals surface area contributed by atoms with Crippen molar-refractivity contribution in [1.82, 2.24) is 19.6 Å². The lowest BCUT2D eigenvalue weighted by molar-refractivity contribution is -0.534. The van der Waals surface area contributed by atoms with Gasteiger partial charge >= 0.3 is 5.54 Å². The average Bonchev–Trinajstić information content (AvgIpc) is 3.07. The molecule has 2 atom stereocenters. The van der Waals surface area contributed by atoms with E-state index in [1.165, 1.54) is 28.0 Å². The van der Waals surface area contributed by atoms with E-state index in [1.54, 1.807) is 20.3 Å². The second-order valence-electron chi connectivity index (χ2n) is 5.18. The Bertz CT molecular complexity index is 833. The molecule has 4 N–H and O–H groups in total. The molecule has 1 aliphatic heterocycles. The minimum Gasteiger partial charge on any atom is -0.381 e. The van der Waals surface area contributed by atoms with Gasteiger partial charge in [0.15, 0.2) is 12.1 Å². The molecule has 0 fully saturated rings. The zero-order chi connectivity index (χ0) is 16.8. The predicted molar refractivity (Wildman–Crippen MR) is 81.2 cm³/mol. The maximum absolute atomic E-state index is 12.1. The van der Waals surface area contributed by atoms with Gasteiger partial charge in [-0.05, 0) is 0 Å². The standard InChI is InChI=1S/C12H15N9O2/c1-19-5-7(3-15-19)9-12(21(22)23,8-4-16-20(2)6-8)10(13)18-11(14)17-9/h3-6,11H,14H2,1-2H3,(H2,13,18). The highest BCUT2D eigenvalue weighted by Crippen LogP contribution is 2.33. The summed E-state index contributed by atoms with van der Waals surface area (Å²) in [5, 5.41) is 20.1. The van der Waals surface area contributed by atoms with Crippen LogP contribution in [0.1, 0.15) is 11.1 Å². The predicted octanol–water partition coefficient (Wildman–Crippen LogP) is -1.27. The third-order valence-electron chi connectivity index (χ3n) is 3.62. The number of aromatic nitrogens is 4. The molecular formula is C12H15N9O2. The van der Waals surface area contributed by atoms with E-state index in [1.807, 2.05) is 0 Å². The van der Waals surface area contributed by atoms with E-state index < -0.39 is 16.8 Å². The molecule has 0 saturated carbocycles. The molecule has 0 spiro atoms. The first-order valence-corrected chi connectivity index (χ1v) is 6.66. The number of aryl methyl sites for hydroxylation is 2. The highest BCUT2D eigenvalue weighted by Gasteiger charge is 2.58. The number of amidine groups is 1. The number of rotatable bonds is 3. The van der Waals surface area contributed by atoms with Gasteiger partial charge < -0.3 is 5.73 Å². The van der Waals surface area contributed by atoms with Gasteiger partial charge in [-0.2, -0.15) is 10.2 Å². The molecule has 1 aliphatic rings. The molecule has 2 unspecified atom stereocenters. The van der Waals surface area contributed by atoms with Crippen molar-refractivity contribution in [3.05, 3.63) is 46.0 Å². The first kappa shape index (κ1) is 14.8. The van der Waals surface area contributed by atoms with Crippen molar-refractivity contribution >= 4 is 11.5 Å². The fraction of sp³-hybridized carbons (Fsp3) is 0.333. The van der Waals surface area contributed by atoms with Gasteiger partial charge in [0.1, 0.15) is 5.71 Å². The molecule has 0 radical (unpaired) electrons.